The van der Waals surface area contributed by atoms with Crippen LogP contribution in [-0.4, -0.2) is 39.8 Å². The van der Waals surface area contributed by atoms with Gasteiger partial charge >= 0.3 is 0 Å². The number of hydrogen-bond donors (Lipinski definition) is 1. The smallest absolute Gasteiger partial charge is 0.242 e. The van der Waals surface area contributed by atoms with E-state index in [-0.39, 0.29) is 22.9 Å². The zero-order valence-electron chi connectivity index (χ0n) is 15.1. The summed E-state index contributed by atoms with van der Waals surface area (Å²) >= 11 is 12.1. The van der Waals surface area contributed by atoms with Crippen LogP contribution in [0.25, 0.3) is 0 Å². The molecular weight excluding hydrogens is 411 g/mol. The molecular formula is C18H20Cl2N2O4S. The summed E-state index contributed by atoms with van der Waals surface area (Å²) in [6.45, 7) is 0. The minimum absolute atomic E-state index is 0.0569. The molecule has 0 saturated carbocycles. The molecule has 2 rings (SSSR count). The number of carbonyl (C=O) groups is 1. The highest BCUT2D eigenvalue weighted by atomic mass is 35.5. The highest BCUT2D eigenvalue weighted by molar-refractivity contribution is 7.89. The third kappa shape index (κ3) is 5.13. The van der Waals surface area contributed by atoms with Crippen LogP contribution in [0.4, 0.5) is 5.69 Å². The van der Waals surface area contributed by atoms with E-state index in [1.54, 1.807) is 18.2 Å². The first kappa shape index (κ1) is 21.5. The molecule has 6 nitrogen and oxygen atoms in total. The van der Waals surface area contributed by atoms with E-state index >= 15 is 0 Å². The van der Waals surface area contributed by atoms with Gasteiger partial charge in [0.25, 0.3) is 0 Å². The van der Waals surface area contributed by atoms with Gasteiger partial charge in [0.15, 0.2) is 0 Å². The lowest BCUT2D eigenvalue weighted by Crippen LogP contribution is -2.22. The molecule has 0 aliphatic carbocycles. The normalized spacial score (nSPS) is 11.5. The van der Waals surface area contributed by atoms with E-state index in [4.69, 9.17) is 27.9 Å². The minimum Gasteiger partial charge on any atom is -0.495 e. The topological polar surface area (TPSA) is 75.7 Å². The van der Waals surface area contributed by atoms with Gasteiger partial charge in [-0.05, 0) is 36.2 Å². The Labute approximate surface area is 169 Å². The van der Waals surface area contributed by atoms with E-state index in [0.29, 0.717) is 22.2 Å². The summed E-state index contributed by atoms with van der Waals surface area (Å²) < 4.78 is 30.9. The first-order valence-electron chi connectivity index (χ1n) is 8.00. The second kappa shape index (κ2) is 8.93. The van der Waals surface area contributed by atoms with Crippen LogP contribution in [0, 0.1) is 0 Å². The van der Waals surface area contributed by atoms with Crippen molar-refractivity contribution in [1.29, 1.82) is 0 Å². The Morgan fingerprint density at radius 3 is 2.52 bits per heavy atom. The predicted molar refractivity (Wildman–Crippen MR) is 107 cm³/mol. The fourth-order valence-corrected chi connectivity index (χ4v) is 3.70. The predicted octanol–water partition coefficient (Wildman–Crippen LogP) is 3.82. The number of benzene rings is 2. The van der Waals surface area contributed by atoms with Crippen molar-refractivity contribution in [1.82, 2.24) is 4.31 Å². The van der Waals surface area contributed by atoms with Gasteiger partial charge in [0.1, 0.15) is 5.75 Å². The second-order valence-corrected chi connectivity index (χ2v) is 8.85. The summed E-state index contributed by atoms with van der Waals surface area (Å²) in [6.07, 6.45) is 0.539. The van der Waals surface area contributed by atoms with E-state index in [1.807, 2.05) is 0 Å². The fraction of sp³-hybridized carbons (Fsp3) is 0.278. The minimum atomic E-state index is -3.63. The van der Waals surface area contributed by atoms with Gasteiger partial charge in [-0.1, -0.05) is 35.3 Å². The molecule has 0 atom stereocenters. The highest BCUT2D eigenvalue weighted by Crippen LogP contribution is 2.29. The van der Waals surface area contributed by atoms with Gasteiger partial charge in [-0.25, -0.2) is 12.7 Å². The van der Waals surface area contributed by atoms with Crippen molar-refractivity contribution in [3.05, 3.63) is 52.0 Å². The van der Waals surface area contributed by atoms with Crippen LogP contribution in [0.3, 0.4) is 0 Å². The van der Waals surface area contributed by atoms with Crippen molar-refractivity contribution < 1.29 is 17.9 Å². The third-order valence-corrected chi connectivity index (χ3v) is 6.55. The lowest BCUT2D eigenvalue weighted by molar-refractivity contribution is -0.116. The number of carbonyl (C=O) groups excluding carboxylic acids is 1. The van der Waals surface area contributed by atoms with Crippen molar-refractivity contribution in [3.63, 3.8) is 0 Å². The zero-order chi connectivity index (χ0) is 20.2. The Bertz CT molecular complexity index is 946. The van der Waals surface area contributed by atoms with Crippen LogP contribution >= 0.6 is 23.2 Å². The molecule has 0 unspecified atom stereocenters. The van der Waals surface area contributed by atoms with Crippen molar-refractivity contribution in [2.45, 2.75) is 17.7 Å². The maximum atomic E-state index is 12.3. The molecule has 2 aromatic rings. The van der Waals surface area contributed by atoms with Crippen molar-refractivity contribution in [2.24, 2.45) is 0 Å². The van der Waals surface area contributed by atoms with Gasteiger partial charge < -0.3 is 10.1 Å². The lowest BCUT2D eigenvalue weighted by atomic mass is 10.1. The Kier molecular flexibility index (Phi) is 7.11. The summed E-state index contributed by atoms with van der Waals surface area (Å²) in [6, 6.07) is 9.54. The largest absolute Gasteiger partial charge is 0.495 e. The average molecular weight is 431 g/mol. The first-order chi connectivity index (χ1) is 12.7. The standard InChI is InChI=1S/C18H20Cl2N2O4S/c1-22(2)27(24,25)13-8-9-16(26-3)15(11-13)21-17(23)10-7-12-5-4-6-14(19)18(12)20/h4-6,8-9,11H,7,10H2,1-3H3,(H,21,23). The molecule has 0 aliphatic rings. The zero-order valence-corrected chi connectivity index (χ0v) is 17.5. The van der Waals surface area contributed by atoms with Crippen LogP contribution in [-0.2, 0) is 21.2 Å². The first-order valence-corrected chi connectivity index (χ1v) is 10.2. The molecule has 9 heteroatoms. The molecule has 0 fully saturated rings. The Balaban J connectivity index is 2.18. The molecule has 2 aromatic carbocycles. The number of amides is 1. The van der Waals surface area contributed by atoms with Gasteiger partial charge in [0.2, 0.25) is 15.9 Å². The molecule has 0 bridgehead atoms. The van der Waals surface area contributed by atoms with Crippen LogP contribution in [0.5, 0.6) is 5.75 Å². The third-order valence-electron chi connectivity index (χ3n) is 3.88. The number of hydrogen-bond acceptors (Lipinski definition) is 4. The van der Waals surface area contributed by atoms with Crippen LogP contribution < -0.4 is 10.1 Å². The van der Waals surface area contributed by atoms with Gasteiger partial charge in [-0.3, -0.25) is 4.79 Å². The number of sulfonamides is 1. The molecule has 0 aliphatic heterocycles. The average Bonchev–Trinajstić information content (AvgIpc) is 2.62. The quantitative estimate of drug-likeness (QED) is 0.723. The molecule has 0 aromatic heterocycles. The summed E-state index contributed by atoms with van der Waals surface area (Å²) in [5, 5.41) is 3.54. The van der Waals surface area contributed by atoms with Crippen molar-refractivity contribution in [2.75, 3.05) is 26.5 Å². The Hall–Kier alpha value is -1.80. The monoisotopic (exact) mass is 430 g/mol. The van der Waals surface area contributed by atoms with E-state index in [9.17, 15) is 13.2 Å². The summed E-state index contributed by atoms with van der Waals surface area (Å²) in [7, 11) is 0.684. The number of nitrogens with zero attached hydrogens (tertiary/aromatic N) is 1. The Morgan fingerprint density at radius 2 is 1.89 bits per heavy atom. The fourth-order valence-electron chi connectivity index (χ4n) is 2.36. The molecule has 0 heterocycles. The molecule has 0 spiro atoms. The number of halogens is 2. The van der Waals surface area contributed by atoms with Crippen LogP contribution in [0.15, 0.2) is 41.3 Å². The van der Waals surface area contributed by atoms with E-state index in [2.05, 4.69) is 5.32 Å². The SMILES string of the molecule is COc1ccc(S(=O)(=O)N(C)C)cc1NC(=O)CCc1cccc(Cl)c1Cl. The van der Waals surface area contributed by atoms with E-state index in [1.165, 1.54) is 39.4 Å². The maximum absolute atomic E-state index is 12.3. The molecule has 146 valence electrons. The molecule has 27 heavy (non-hydrogen) atoms. The summed E-state index contributed by atoms with van der Waals surface area (Å²) in [4.78, 5) is 12.4. The summed E-state index contributed by atoms with van der Waals surface area (Å²) in [5.41, 5.74) is 1.04. The van der Waals surface area contributed by atoms with Gasteiger partial charge in [-0.2, -0.15) is 0 Å². The van der Waals surface area contributed by atoms with Gasteiger partial charge in [0, 0.05) is 20.5 Å². The van der Waals surface area contributed by atoms with E-state index < -0.39 is 10.0 Å². The number of ether oxygens (including phenoxy) is 1. The highest BCUT2D eigenvalue weighted by Gasteiger charge is 2.20. The number of methoxy groups -OCH3 is 1. The lowest BCUT2D eigenvalue weighted by Gasteiger charge is -2.15. The van der Waals surface area contributed by atoms with Gasteiger partial charge in [-0.15, -0.1) is 0 Å². The molecule has 1 amide bonds. The van der Waals surface area contributed by atoms with Crippen molar-refractivity contribution >= 4 is 44.8 Å². The number of nitrogens with one attached hydrogen (secondary N) is 1. The second-order valence-electron chi connectivity index (χ2n) is 5.91. The number of aryl methyl sites for hydroxylation is 1. The number of anilines is 1. The maximum Gasteiger partial charge on any atom is 0.242 e. The summed E-state index contributed by atoms with van der Waals surface area (Å²) in [5.74, 6) is 0.0607. The van der Waals surface area contributed by atoms with Crippen molar-refractivity contribution in [3.8, 4) is 5.75 Å². The van der Waals surface area contributed by atoms with Crippen LogP contribution in [0.1, 0.15) is 12.0 Å². The van der Waals surface area contributed by atoms with Crippen LogP contribution in [0.2, 0.25) is 10.0 Å². The van der Waals surface area contributed by atoms with Gasteiger partial charge in [0.05, 0.1) is 27.7 Å². The Morgan fingerprint density at radius 1 is 1.19 bits per heavy atom. The molecule has 0 saturated heterocycles. The number of rotatable bonds is 7. The molecule has 0 radical (unpaired) electrons. The molecule has 1 N–H and O–H groups in total. The van der Waals surface area contributed by atoms with E-state index in [0.717, 1.165) is 9.87 Å².